The molecular weight excluding hydrogens is 220 g/mol. The fourth-order valence-electron chi connectivity index (χ4n) is 1.31. The summed E-state index contributed by atoms with van der Waals surface area (Å²) in [7, 11) is 0. The summed E-state index contributed by atoms with van der Waals surface area (Å²) in [6, 6.07) is 5.04. The quantitative estimate of drug-likeness (QED) is 0.510. The molecule has 0 aliphatic carbocycles. The Morgan fingerprint density at radius 2 is 2.24 bits per heavy atom. The number of phenolic OH excluding ortho intramolecular Hbond substituents is 1. The van der Waals surface area contributed by atoms with Gasteiger partial charge in [0.05, 0.1) is 25.3 Å². The number of nitrogens with one attached hydrogen (secondary N) is 1. The second-order valence-electron chi connectivity index (χ2n) is 3.72. The summed E-state index contributed by atoms with van der Waals surface area (Å²) >= 11 is 0. The van der Waals surface area contributed by atoms with Crippen LogP contribution in [0.5, 0.6) is 5.75 Å². The average Bonchev–Trinajstić information content (AvgIpc) is 2.29. The lowest BCUT2D eigenvalue weighted by atomic mass is 10.2. The largest absolute Gasteiger partial charge is 0.506 e. The second kappa shape index (κ2) is 6.88. The lowest BCUT2D eigenvalue weighted by Crippen LogP contribution is -2.16. The SMILES string of the molecule is Cc1ccc(O)c(NC(=O)CCOCCN)c1. The summed E-state index contributed by atoms with van der Waals surface area (Å²) in [5.74, 6) is -0.130. The molecule has 94 valence electrons. The number of phenols is 1. The summed E-state index contributed by atoms with van der Waals surface area (Å²) in [5, 5.41) is 12.2. The van der Waals surface area contributed by atoms with Crippen molar-refractivity contribution in [3.63, 3.8) is 0 Å². The Labute approximate surface area is 101 Å². The number of hydrogen-bond donors (Lipinski definition) is 3. The van der Waals surface area contributed by atoms with Crippen LogP contribution >= 0.6 is 0 Å². The summed E-state index contributed by atoms with van der Waals surface area (Å²) in [5.41, 5.74) is 6.64. The first-order valence-electron chi connectivity index (χ1n) is 5.50. The minimum atomic E-state index is -0.192. The highest BCUT2D eigenvalue weighted by molar-refractivity contribution is 5.92. The third-order valence-electron chi connectivity index (χ3n) is 2.16. The van der Waals surface area contributed by atoms with Gasteiger partial charge in [0.15, 0.2) is 0 Å². The van der Waals surface area contributed by atoms with Crippen molar-refractivity contribution in [3.05, 3.63) is 23.8 Å². The monoisotopic (exact) mass is 238 g/mol. The summed E-state index contributed by atoms with van der Waals surface area (Å²) in [6.07, 6.45) is 0.243. The number of amides is 1. The Morgan fingerprint density at radius 1 is 1.47 bits per heavy atom. The van der Waals surface area contributed by atoms with Crippen molar-refractivity contribution in [2.45, 2.75) is 13.3 Å². The third-order valence-corrected chi connectivity index (χ3v) is 2.16. The van der Waals surface area contributed by atoms with Crippen LogP contribution in [0.2, 0.25) is 0 Å². The van der Waals surface area contributed by atoms with Crippen LogP contribution < -0.4 is 11.1 Å². The normalized spacial score (nSPS) is 10.2. The molecular formula is C12H18N2O3. The van der Waals surface area contributed by atoms with E-state index in [0.29, 0.717) is 25.4 Å². The van der Waals surface area contributed by atoms with Crippen LogP contribution in [-0.2, 0) is 9.53 Å². The van der Waals surface area contributed by atoms with Gasteiger partial charge in [-0.15, -0.1) is 0 Å². The van der Waals surface area contributed by atoms with Gasteiger partial charge in [0.2, 0.25) is 5.91 Å². The topological polar surface area (TPSA) is 84.6 Å². The Morgan fingerprint density at radius 3 is 2.94 bits per heavy atom. The number of carbonyl (C=O) groups excluding carboxylic acids is 1. The number of benzene rings is 1. The first kappa shape index (κ1) is 13.5. The van der Waals surface area contributed by atoms with Gasteiger partial charge in [0, 0.05) is 6.54 Å². The number of aryl methyl sites for hydroxylation is 1. The molecule has 0 saturated heterocycles. The van der Waals surface area contributed by atoms with Crippen molar-refractivity contribution < 1.29 is 14.6 Å². The Balaban J connectivity index is 2.42. The molecule has 0 unspecified atom stereocenters. The molecule has 0 bridgehead atoms. The third kappa shape index (κ3) is 4.84. The Kier molecular flexibility index (Phi) is 5.45. The van der Waals surface area contributed by atoms with E-state index in [0.717, 1.165) is 5.56 Å². The lowest BCUT2D eigenvalue weighted by molar-refractivity contribution is -0.117. The maximum Gasteiger partial charge on any atom is 0.226 e. The minimum absolute atomic E-state index is 0.0619. The zero-order valence-corrected chi connectivity index (χ0v) is 9.90. The molecule has 0 atom stereocenters. The van der Waals surface area contributed by atoms with Crippen LogP contribution in [-0.4, -0.2) is 30.8 Å². The van der Waals surface area contributed by atoms with Crippen LogP contribution in [0.1, 0.15) is 12.0 Å². The zero-order chi connectivity index (χ0) is 12.7. The molecule has 5 nitrogen and oxygen atoms in total. The number of carbonyl (C=O) groups is 1. The smallest absolute Gasteiger partial charge is 0.226 e. The summed E-state index contributed by atoms with van der Waals surface area (Å²) in [6.45, 7) is 3.11. The molecule has 0 aliphatic heterocycles. The molecule has 0 heterocycles. The van der Waals surface area contributed by atoms with Crippen molar-refractivity contribution >= 4 is 11.6 Å². The zero-order valence-electron chi connectivity index (χ0n) is 9.90. The van der Waals surface area contributed by atoms with Crippen molar-refractivity contribution in [2.24, 2.45) is 5.73 Å². The highest BCUT2D eigenvalue weighted by atomic mass is 16.5. The van der Waals surface area contributed by atoms with E-state index < -0.39 is 0 Å². The van der Waals surface area contributed by atoms with Gasteiger partial charge in [-0.3, -0.25) is 4.79 Å². The van der Waals surface area contributed by atoms with Crippen molar-refractivity contribution in [3.8, 4) is 5.75 Å². The summed E-state index contributed by atoms with van der Waals surface area (Å²) in [4.78, 5) is 11.5. The predicted octanol–water partition coefficient (Wildman–Crippen LogP) is 1.00. The highest BCUT2D eigenvalue weighted by Gasteiger charge is 2.06. The number of nitrogens with two attached hydrogens (primary N) is 1. The molecule has 1 rings (SSSR count). The van der Waals surface area contributed by atoms with E-state index in [1.54, 1.807) is 18.2 Å². The van der Waals surface area contributed by atoms with Gasteiger partial charge in [0.25, 0.3) is 0 Å². The molecule has 17 heavy (non-hydrogen) atoms. The second-order valence-corrected chi connectivity index (χ2v) is 3.72. The molecule has 0 spiro atoms. The number of hydrogen-bond acceptors (Lipinski definition) is 4. The fraction of sp³-hybridized carbons (Fsp3) is 0.417. The molecule has 0 aromatic heterocycles. The Bertz CT molecular complexity index is 380. The van der Waals surface area contributed by atoms with Crippen LogP contribution in [0.25, 0.3) is 0 Å². The summed E-state index contributed by atoms with van der Waals surface area (Å²) < 4.78 is 5.10. The van der Waals surface area contributed by atoms with Gasteiger partial charge in [-0.25, -0.2) is 0 Å². The number of rotatable bonds is 6. The predicted molar refractivity (Wildman–Crippen MR) is 66.0 cm³/mol. The van der Waals surface area contributed by atoms with Gasteiger partial charge in [-0.2, -0.15) is 0 Å². The van der Waals surface area contributed by atoms with Gasteiger partial charge in [-0.05, 0) is 24.6 Å². The molecule has 1 amide bonds. The lowest BCUT2D eigenvalue weighted by Gasteiger charge is -2.08. The average molecular weight is 238 g/mol. The van der Waals surface area contributed by atoms with Crippen LogP contribution in [0.3, 0.4) is 0 Å². The first-order valence-corrected chi connectivity index (χ1v) is 5.50. The van der Waals surface area contributed by atoms with Crippen molar-refractivity contribution in [1.29, 1.82) is 0 Å². The molecule has 4 N–H and O–H groups in total. The van der Waals surface area contributed by atoms with Crippen molar-refractivity contribution in [1.82, 2.24) is 0 Å². The first-order chi connectivity index (χ1) is 8.13. The van der Waals surface area contributed by atoms with Crippen LogP contribution in [0.15, 0.2) is 18.2 Å². The maximum atomic E-state index is 11.5. The molecule has 0 radical (unpaired) electrons. The van der Waals surface area contributed by atoms with E-state index >= 15 is 0 Å². The molecule has 1 aromatic carbocycles. The van der Waals surface area contributed by atoms with E-state index in [2.05, 4.69) is 5.32 Å². The van der Waals surface area contributed by atoms with E-state index in [9.17, 15) is 9.90 Å². The number of ether oxygens (including phenoxy) is 1. The van der Waals surface area contributed by atoms with E-state index in [1.165, 1.54) is 0 Å². The number of aromatic hydroxyl groups is 1. The van der Waals surface area contributed by atoms with Gasteiger partial charge >= 0.3 is 0 Å². The van der Waals surface area contributed by atoms with Crippen LogP contribution in [0.4, 0.5) is 5.69 Å². The molecule has 5 heteroatoms. The van der Waals surface area contributed by atoms with Gasteiger partial charge < -0.3 is 20.9 Å². The van der Waals surface area contributed by atoms with Crippen molar-refractivity contribution in [2.75, 3.05) is 25.1 Å². The van der Waals surface area contributed by atoms with Crippen LogP contribution in [0, 0.1) is 6.92 Å². The maximum absolute atomic E-state index is 11.5. The number of anilines is 1. The molecule has 0 aliphatic rings. The standard InChI is InChI=1S/C12H18N2O3/c1-9-2-3-11(15)10(8-9)14-12(16)4-6-17-7-5-13/h2-3,8,15H,4-7,13H2,1H3,(H,14,16). The molecule has 1 aromatic rings. The molecule has 0 fully saturated rings. The van der Waals surface area contributed by atoms with Gasteiger partial charge in [0.1, 0.15) is 5.75 Å². The van der Waals surface area contributed by atoms with E-state index in [1.807, 2.05) is 6.92 Å². The van der Waals surface area contributed by atoms with E-state index in [4.69, 9.17) is 10.5 Å². The Hall–Kier alpha value is -1.59. The molecule has 0 saturated carbocycles. The van der Waals surface area contributed by atoms with Gasteiger partial charge in [-0.1, -0.05) is 6.07 Å². The van der Waals surface area contributed by atoms with E-state index in [-0.39, 0.29) is 18.1 Å². The minimum Gasteiger partial charge on any atom is -0.506 e. The fourth-order valence-corrected chi connectivity index (χ4v) is 1.31. The highest BCUT2D eigenvalue weighted by Crippen LogP contribution is 2.23.